The lowest BCUT2D eigenvalue weighted by Gasteiger charge is -2.34. The number of primary amides is 1. The summed E-state index contributed by atoms with van der Waals surface area (Å²) < 4.78 is 14.9. The first kappa shape index (κ1) is 20.9. The standard InChI is InChI=1S/C22H25FN6O2/c1-2-18(13-7-8-26-19(9-13)21(24)30)28-22(31)17-10-25-12-20-16(17)11-27-29(20)15-5-3-14(23)4-6-15/h3-6,10-13,18-19,26H,2,7-9H2,1H3,(H2,24,30)(H,28,31)/t13?,18?,19-/m0/s1. The lowest BCUT2D eigenvalue weighted by Crippen LogP contribution is -2.51. The number of carbonyl (C=O) groups excluding carboxylic acids is 2. The third-order valence-electron chi connectivity index (χ3n) is 5.93. The Morgan fingerprint density at radius 2 is 2.06 bits per heavy atom. The van der Waals surface area contributed by atoms with Gasteiger partial charge in [0.15, 0.2) is 0 Å². The van der Waals surface area contributed by atoms with Gasteiger partial charge in [0.1, 0.15) is 5.82 Å². The largest absolute Gasteiger partial charge is 0.368 e. The molecule has 9 heteroatoms. The normalized spacial score (nSPS) is 19.8. The lowest BCUT2D eigenvalue weighted by atomic mass is 9.84. The van der Waals surface area contributed by atoms with Crippen LogP contribution in [0.4, 0.5) is 4.39 Å². The summed E-state index contributed by atoms with van der Waals surface area (Å²) in [7, 11) is 0. The molecule has 4 rings (SSSR count). The number of nitrogens with one attached hydrogen (secondary N) is 2. The van der Waals surface area contributed by atoms with Crippen molar-refractivity contribution >= 4 is 22.7 Å². The van der Waals surface area contributed by atoms with Crippen molar-refractivity contribution in [3.05, 3.63) is 54.2 Å². The molecule has 8 nitrogen and oxygen atoms in total. The fraction of sp³-hybridized carbons (Fsp3) is 0.364. The van der Waals surface area contributed by atoms with Gasteiger partial charge in [-0.3, -0.25) is 14.6 Å². The smallest absolute Gasteiger partial charge is 0.253 e. The predicted octanol–water partition coefficient (Wildman–Crippen LogP) is 1.92. The van der Waals surface area contributed by atoms with Crippen LogP contribution in [0.2, 0.25) is 0 Å². The highest BCUT2D eigenvalue weighted by atomic mass is 19.1. The number of amides is 2. The Morgan fingerprint density at radius 1 is 1.29 bits per heavy atom. The van der Waals surface area contributed by atoms with Crippen molar-refractivity contribution < 1.29 is 14.0 Å². The van der Waals surface area contributed by atoms with Gasteiger partial charge in [0, 0.05) is 17.6 Å². The van der Waals surface area contributed by atoms with Crippen molar-refractivity contribution in [2.24, 2.45) is 11.7 Å². The van der Waals surface area contributed by atoms with Crippen LogP contribution in [0.15, 0.2) is 42.9 Å². The number of piperidine rings is 1. The van der Waals surface area contributed by atoms with E-state index in [9.17, 15) is 14.0 Å². The van der Waals surface area contributed by atoms with E-state index in [2.05, 4.69) is 20.7 Å². The maximum Gasteiger partial charge on any atom is 0.253 e. The molecule has 2 unspecified atom stereocenters. The zero-order valence-corrected chi connectivity index (χ0v) is 17.2. The molecular weight excluding hydrogens is 399 g/mol. The summed E-state index contributed by atoms with van der Waals surface area (Å²) in [6.45, 7) is 2.70. The Hall–Kier alpha value is -3.33. The molecule has 3 atom stereocenters. The van der Waals surface area contributed by atoms with E-state index in [0.29, 0.717) is 35.1 Å². The Labute approximate surface area is 179 Å². The number of halogens is 1. The topological polar surface area (TPSA) is 115 Å². The molecule has 0 radical (unpaired) electrons. The first-order valence-electron chi connectivity index (χ1n) is 10.4. The van der Waals surface area contributed by atoms with E-state index in [0.717, 1.165) is 12.8 Å². The van der Waals surface area contributed by atoms with Gasteiger partial charge in [0.05, 0.1) is 35.2 Å². The van der Waals surface area contributed by atoms with Gasteiger partial charge in [-0.2, -0.15) is 5.10 Å². The predicted molar refractivity (Wildman–Crippen MR) is 114 cm³/mol. The van der Waals surface area contributed by atoms with Crippen molar-refractivity contribution in [1.29, 1.82) is 0 Å². The number of nitrogens with two attached hydrogens (primary N) is 1. The Morgan fingerprint density at radius 3 is 2.77 bits per heavy atom. The van der Waals surface area contributed by atoms with Gasteiger partial charge in [-0.15, -0.1) is 0 Å². The summed E-state index contributed by atoms with van der Waals surface area (Å²) in [5, 5.41) is 11.3. The summed E-state index contributed by atoms with van der Waals surface area (Å²) in [5.41, 5.74) is 7.21. The van der Waals surface area contributed by atoms with Crippen molar-refractivity contribution in [2.45, 2.75) is 38.3 Å². The summed E-state index contributed by atoms with van der Waals surface area (Å²) in [4.78, 5) is 28.9. The quantitative estimate of drug-likeness (QED) is 0.559. The molecule has 4 N–H and O–H groups in total. The van der Waals surface area contributed by atoms with E-state index < -0.39 is 0 Å². The van der Waals surface area contributed by atoms with E-state index in [1.54, 1.807) is 29.2 Å². The molecule has 1 fully saturated rings. The number of fused-ring (bicyclic) bond motifs is 1. The van der Waals surface area contributed by atoms with Gasteiger partial charge in [-0.05, 0) is 56.0 Å². The lowest BCUT2D eigenvalue weighted by molar-refractivity contribution is -0.121. The van der Waals surface area contributed by atoms with Crippen LogP contribution >= 0.6 is 0 Å². The van der Waals surface area contributed by atoms with Gasteiger partial charge in [0.2, 0.25) is 5.91 Å². The van der Waals surface area contributed by atoms with Crippen LogP contribution in [0.5, 0.6) is 0 Å². The maximum atomic E-state index is 13.3. The highest BCUT2D eigenvalue weighted by Crippen LogP contribution is 2.24. The highest BCUT2D eigenvalue weighted by molar-refractivity contribution is 6.06. The molecule has 1 aromatic carbocycles. The average Bonchev–Trinajstić information content (AvgIpc) is 3.22. The van der Waals surface area contributed by atoms with Crippen LogP contribution in [-0.4, -0.2) is 45.2 Å². The molecule has 0 aliphatic carbocycles. The number of rotatable bonds is 6. The minimum atomic E-state index is -0.372. The number of nitrogens with zero attached hydrogens (tertiary/aromatic N) is 3. The molecule has 3 aromatic rings. The zero-order chi connectivity index (χ0) is 22.0. The molecule has 0 bridgehead atoms. The zero-order valence-electron chi connectivity index (χ0n) is 17.2. The Kier molecular flexibility index (Phi) is 5.94. The van der Waals surface area contributed by atoms with Gasteiger partial charge in [-0.1, -0.05) is 6.92 Å². The number of carbonyl (C=O) groups is 2. The van der Waals surface area contributed by atoms with Crippen LogP contribution in [-0.2, 0) is 4.79 Å². The van der Waals surface area contributed by atoms with Crippen molar-refractivity contribution in [3.63, 3.8) is 0 Å². The Bertz CT molecular complexity index is 1100. The first-order valence-corrected chi connectivity index (χ1v) is 10.4. The van der Waals surface area contributed by atoms with Gasteiger partial charge >= 0.3 is 0 Å². The molecular formula is C22H25FN6O2. The fourth-order valence-electron chi connectivity index (χ4n) is 4.24. The first-order chi connectivity index (χ1) is 15.0. The number of benzene rings is 1. The molecule has 1 saturated heterocycles. The summed E-state index contributed by atoms with van der Waals surface area (Å²) in [6.07, 6.45) is 6.95. The second-order valence-electron chi connectivity index (χ2n) is 7.83. The highest BCUT2D eigenvalue weighted by Gasteiger charge is 2.31. The van der Waals surface area contributed by atoms with E-state index in [4.69, 9.17) is 5.73 Å². The van der Waals surface area contributed by atoms with E-state index in [1.807, 2.05) is 6.92 Å². The fourth-order valence-corrected chi connectivity index (χ4v) is 4.24. The van der Waals surface area contributed by atoms with Crippen LogP contribution in [0.25, 0.3) is 16.6 Å². The molecule has 1 aliphatic rings. The van der Waals surface area contributed by atoms with Gasteiger partial charge in [0.25, 0.3) is 5.91 Å². The maximum absolute atomic E-state index is 13.3. The second kappa shape index (κ2) is 8.81. The molecule has 2 aromatic heterocycles. The van der Waals surface area contributed by atoms with Crippen molar-refractivity contribution in [3.8, 4) is 5.69 Å². The second-order valence-corrected chi connectivity index (χ2v) is 7.83. The number of pyridine rings is 1. The van der Waals surface area contributed by atoms with E-state index in [1.165, 1.54) is 18.3 Å². The summed E-state index contributed by atoms with van der Waals surface area (Å²) >= 11 is 0. The number of hydrogen-bond acceptors (Lipinski definition) is 5. The molecule has 3 heterocycles. The minimum absolute atomic E-state index is 0.0844. The molecule has 1 aliphatic heterocycles. The van der Waals surface area contributed by atoms with E-state index in [-0.39, 0.29) is 35.6 Å². The van der Waals surface area contributed by atoms with E-state index >= 15 is 0 Å². The monoisotopic (exact) mass is 424 g/mol. The molecule has 0 saturated carbocycles. The SMILES string of the molecule is CCC(NC(=O)c1cncc2c1cnn2-c1ccc(F)cc1)C1CCN[C@H](C(N)=O)C1. The van der Waals surface area contributed by atoms with Gasteiger partial charge < -0.3 is 16.4 Å². The van der Waals surface area contributed by atoms with Crippen molar-refractivity contribution in [1.82, 2.24) is 25.4 Å². The van der Waals surface area contributed by atoms with Crippen LogP contribution in [0.1, 0.15) is 36.5 Å². The molecule has 0 spiro atoms. The molecule has 2 amide bonds. The van der Waals surface area contributed by atoms with Gasteiger partial charge in [-0.25, -0.2) is 9.07 Å². The molecule has 162 valence electrons. The van der Waals surface area contributed by atoms with Crippen molar-refractivity contribution in [2.75, 3.05) is 6.54 Å². The number of hydrogen-bond donors (Lipinski definition) is 3. The van der Waals surface area contributed by atoms with Crippen LogP contribution in [0, 0.1) is 11.7 Å². The number of aromatic nitrogens is 3. The summed E-state index contributed by atoms with van der Waals surface area (Å²) in [5.74, 6) is -0.784. The van der Waals surface area contributed by atoms with Crippen LogP contribution in [0.3, 0.4) is 0 Å². The minimum Gasteiger partial charge on any atom is -0.368 e. The molecule has 31 heavy (non-hydrogen) atoms. The van der Waals surface area contributed by atoms with Crippen LogP contribution < -0.4 is 16.4 Å². The summed E-state index contributed by atoms with van der Waals surface area (Å²) in [6, 6.07) is 5.50. The Balaban J connectivity index is 1.57. The third-order valence-corrected chi connectivity index (χ3v) is 5.93. The average molecular weight is 424 g/mol. The third kappa shape index (κ3) is 4.27.